The lowest BCUT2D eigenvalue weighted by Gasteiger charge is -2.36. The summed E-state index contributed by atoms with van der Waals surface area (Å²) in [5, 5.41) is 0. The van der Waals surface area contributed by atoms with E-state index in [0.717, 1.165) is 24.3 Å². The number of halogens is 1. The van der Waals surface area contributed by atoms with Gasteiger partial charge in [0.2, 0.25) is 5.91 Å². The highest BCUT2D eigenvalue weighted by molar-refractivity contribution is 5.76. The van der Waals surface area contributed by atoms with Crippen molar-refractivity contribution in [3.63, 3.8) is 0 Å². The van der Waals surface area contributed by atoms with Crippen molar-refractivity contribution in [2.45, 2.75) is 33.0 Å². The third-order valence-corrected chi connectivity index (χ3v) is 6.96. The van der Waals surface area contributed by atoms with Gasteiger partial charge in [-0.05, 0) is 31.0 Å². The van der Waals surface area contributed by atoms with Gasteiger partial charge in [-0.15, -0.1) is 0 Å². The van der Waals surface area contributed by atoms with Crippen LogP contribution in [-0.4, -0.2) is 58.0 Å². The Morgan fingerprint density at radius 2 is 1.69 bits per heavy atom. The van der Waals surface area contributed by atoms with Gasteiger partial charge in [0.25, 0.3) is 5.56 Å². The fourth-order valence-corrected chi connectivity index (χ4v) is 5.00. The summed E-state index contributed by atoms with van der Waals surface area (Å²) in [4.78, 5) is 37.1. The van der Waals surface area contributed by atoms with Crippen molar-refractivity contribution >= 4 is 11.6 Å². The number of piperazine rings is 1. The second-order valence-corrected chi connectivity index (χ2v) is 9.24. The van der Waals surface area contributed by atoms with Gasteiger partial charge in [-0.3, -0.25) is 19.1 Å². The van der Waals surface area contributed by atoms with Crippen LogP contribution in [0.2, 0.25) is 0 Å². The lowest BCUT2D eigenvalue weighted by Crippen LogP contribution is -2.50. The van der Waals surface area contributed by atoms with E-state index < -0.39 is 0 Å². The number of aryl methyl sites for hydroxylation is 1. The average Bonchev–Trinajstić information content (AvgIpc) is 2.87. The van der Waals surface area contributed by atoms with Gasteiger partial charge in [0.15, 0.2) is 0 Å². The Balaban J connectivity index is 1.24. The fourth-order valence-electron chi connectivity index (χ4n) is 5.00. The highest BCUT2D eigenvalue weighted by Gasteiger charge is 2.26. The van der Waals surface area contributed by atoms with Crippen LogP contribution in [0.4, 0.5) is 10.1 Å². The number of anilines is 1. The molecule has 0 atom stereocenters. The fraction of sp³-hybridized carbons (Fsp3) is 0.370. The van der Waals surface area contributed by atoms with Crippen LogP contribution in [0.1, 0.15) is 22.6 Å². The lowest BCUT2D eigenvalue weighted by atomic mass is 10.1. The molecule has 7 nitrogen and oxygen atoms in total. The first-order valence-electron chi connectivity index (χ1n) is 12.1. The highest BCUT2D eigenvalue weighted by Crippen LogP contribution is 2.21. The first-order valence-corrected chi connectivity index (χ1v) is 12.1. The molecule has 1 fully saturated rings. The number of nitrogens with zero attached hydrogens (tertiary/aromatic N) is 5. The van der Waals surface area contributed by atoms with Crippen molar-refractivity contribution in [3.8, 4) is 0 Å². The van der Waals surface area contributed by atoms with Gasteiger partial charge in [-0.2, -0.15) is 0 Å². The maximum absolute atomic E-state index is 14.1. The minimum atomic E-state index is -0.253. The summed E-state index contributed by atoms with van der Waals surface area (Å²) in [6, 6.07) is 17.0. The van der Waals surface area contributed by atoms with Crippen LogP contribution in [0.3, 0.4) is 0 Å². The molecule has 0 radical (unpaired) electrons. The van der Waals surface area contributed by atoms with Gasteiger partial charge in [0.05, 0.1) is 11.4 Å². The van der Waals surface area contributed by atoms with Crippen LogP contribution in [0.15, 0.2) is 59.4 Å². The zero-order valence-corrected chi connectivity index (χ0v) is 20.0. The smallest absolute Gasteiger partial charge is 0.257 e. The third-order valence-electron chi connectivity index (χ3n) is 6.96. The van der Waals surface area contributed by atoms with Crippen molar-refractivity contribution in [2.75, 3.05) is 37.6 Å². The molecule has 0 bridgehead atoms. The van der Waals surface area contributed by atoms with Crippen LogP contribution in [0, 0.1) is 12.7 Å². The van der Waals surface area contributed by atoms with Gasteiger partial charge >= 0.3 is 0 Å². The maximum Gasteiger partial charge on any atom is 0.257 e. The lowest BCUT2D eigenvalue weighted by molar-refractivity contribution is -0.132. The molecule has 0 unspecified atom stereocenters. The molecular weight excluding hydrogens is 445 g/mol. The third kappa shape index (κ3) is 4.98. The standard InChI is InChI=1S/C27H30FN5O2/c1-20-29-24-18-30(17-21-7-3-2-4-8-21)12-11-22(24)27(35)33(20)19-26(34)32-15-13-31(14-16-32)25-10-6-5-9-23(25)28/h2-10H,11-19H2,1H3. The van der Waals surface area contributed by atoms with Crippen LogP contribution in [0.25, 0.3) is 0 Å². The van der Waals surface area contributed by atoms with Crippen LogP contribution >= 0.6 is 0 Å². The molecule has 2 aliphatic heterocycles. The molecule has 2 aromatic carbocycles. The Hall–Kier alpha value is -3.52. The van der Waals surface area contributed by atoms with E-state index in [1.54, 1.807) is 24.0 Å². The van der Waals surface area contributed by atoms with Crippen LogP contribution in [-0.2, 0) is 30.8 Å². The second kappa shape index (κ2) is 10.00. The van der Waals surface area contributed by atoms with Crippen LogP contribution < -0.4 is 10.5 Å². The minimum absolute atomic E-state index is 0.0155. The van der Waals surface area contributed by atoms with E-state index in [1.807, 2.05) is 29.2 Å². The molecule has 0 N–H and O–H groups in total. The first-order chi connectivity index (χ1) is 17.0. The van der Waals surface area contributed by atoms with Gasteiger partial charge in [-0.25, -0.2) is 9.37 Å². The zero-order valence-electron chi connectivity index (χ0n) is 20.0. The normalized spacial score (nSPS) is 16.3. The molecule has 3 heterocycles. The molecule has 0 aliphatic carbocycles. The number of hydrogen-bond acceptors (Lipinski definition) is 5. The van der Waals surface area contributed by atoms with Gasteiger partial charge in [0.1, 0.15) is 18.2 Å². The maximum atomic E-state index is 14.1. The summed E-state index contributed by atoms with van der Waals surface area (Å²) < 4.78 is 15.6. The van der Waals surface area contributed by atoms with E-state index in [2.05, 4.69) is 17.0 Å². The van der Waals surface area contributed by atoms with Crippen molar-refractivity contribution in [1.29, 1.82) is 0 Å². The number of benzene rings is 2. The van der Waals surface area contributed by atoms with E-state index in [4.69, 9.17) is 4.98 Å². The van der Waals surface area contributed by atoms with Gasteiger partial charge in [-0.1, -0.05) is 42.5 Å². The molecule has 3 aromatic rings. The van der Waals surface area contributed by atoms with Gasteiger partial charge in [0, 0.05) is 51.4 Å². The predicted octanol–water partition coefficient (Wildman–Crippen LogP) is 2.60. The topological polar surface area (TPSA) is 61.7 Å². The predicted molar refractivity (Wildman–Crippen MR) is 133 cm³/mol. The van der Waals surface area contributed by atoms with Crippen molar-refractivity contribution in [1.82, 2.24) is 19.4 Å². The van der Waals surface area contributed by atoms with E-state index >= 15 is 0 Å². The largest absolute Gasteiger partial charge is 0.366 e. The molecule has 2 aliphatic rings. The first kappa shape index (κ1) is 23.2. The molecule has 0 spiro atoms. The number of carbonyl (C=O) groups excluding carboxylic acids is 1. The Morgan fingerprint density at radius 3 is 2.43 bits per heavy atom. The van der Waals surface area contributed by atoms with Crippen LogP contribution in [0.5, 0.6) is 0 Å². The molecule has 182 valence electrons. The number of carbonyl (C=O) groups is 1. The Kier molecular flexibility index (Phi) is 6.63. The molecule has 5 rings (SSSR count). The molecule has 8 heteroatoms. The number of aromatic nitrogens is 2. The Morgan fingerprint density at radius 1 is 0.971 bits per heavy atom. The summed E-state index contributed by atoms with van der Waals surface area (Å²) in [6.45, 7) is 6.12. The van der Waals surface area contributed by atoms with E-state index in [0.29, 0.717) is 50.7 Å². The van der Waals surface area contributed by atoms with Crippen molar-refractivity contribution in [3.05, 3.63) is 93.4 Å². The summed E-state index contributed by atoms with van der Waals surface area (Å²) in [5.74, 6) is 0.206. The number of para-hydroxylation sites is 1. The summed E-state index contributed by atoms with van der Waals surface area (Å²) >= 11 is 0. The Labute approximate surface area is 204 Å². The summed E-state index contributed by atoms with van der Waals surface area (Å²) in [7, 11) is 0. The zero-order chi connectivity index (χ0) is 24.4. The van der Waals surface area contributed by atoms with Crippen molar-refractivity contribution < 1.29 is 9.18 Å². The summed E-state index contributed by atoms with van der Waals surface area (Å²) in [5.41, 5.74) is 3.23. The minimum Gasteiger partial charge on any atom is -0.366 e. The van der Waals surface area contributed by atoms with Crippen molar-refractivity contribution in [2.24, 2.45) is 0 Å². The quantitative estimate of drug-likeness (QED) is 0.568. The monoisotopic (exact) mass is 475 g/mol. The molecule has 1 saturated heterocycles. The molecule has 1 amide bonds. The SMILES string of the molecule is Cc1nc2c(c(=O)n1CC(=O)N1CCN(c3ccccc3F)CC1)CCN(Cc1ccccc1)C2. The van der Waals surface area contributed by atoms with Gasteiger partial charge < -0.3 is 9.80 Å². The van der Waals surface area contributed by atoms with E-state index in [-0.39, 0.29) is 23.8 Å². The highest BCUT2D eigenvalue weighted by atomic mass is 19.1. The molecule has 35 heavy (non-hydrogen) atoms. The number of rotatable bonds is 5. The molecule has 1 aromatic heterocycles. The second-order valence-electron chi connectivity index (χ2n) is 9.24. The number of amides is 1. The van der Waals surface area contributed by atoms with E-state index in [1.165, 1.54) is 16.2 Å². The molecule has 0 saturated carbocycles. The number of hydrogen-bond donors (Lipinski definition) is 0. The molecular formula is C27H30FN5O2. The van der Waals surface area contributed by atoms with E-state index in [9.17, 15) is 14.0 Å². The number of fused-ring (bicyclic) bond motifs is 1. The average molecular weight is 476 g/mol. The Bertz CT molecular complexity index is 1270. The summed E-state index contributed by atoms with van der Waals surface area (Å²) in [6.07, 6.45) is 0.629.